The Morgan fingerprint density at radius 1 is 0.652 bits per heavy atom. The zero-order chi connectivity index (χ0) is 17.0. The van der Waals surface area contributed by atoms with Crippen LogP contribution in [0.25, 0.3) is 0 Å². The maximum atomic E-state index is 8.94. The standard InChI is InChI=1S/C20H43NOS/c1-3-5-6-7-8-9-10-11-12-13-14-15-16-17-20-23-21(4-2)18-19-22/h22H,3-20H2,1-2H3. The van der Waals surface area contributed by atoms with Crippen LogP contribution in [-0.4, -0.2) is 34.9 Å². The Hall–Kier alpha value is 0.270. The number of aliphatic hydroxyl groups excluding tert-OH is 1. The van der Waals surface area contributed by atoms with Gasteiger partial charge in [-0.3, -0.25) is 0 Å². The lowest BCUT2D eigenvalue weighted by molar-refractivity contribution is 0.264. The normalized spacial score (nSPS) is 11.5. The first-order chi connectivity index (χ1) is 11.3. The Bertz CT molecular complexity index is 214. The van der Waals surface area contributed by atoms with Crippen molar-refractivity contribution in [3.05, 3.63) is 0 Å². The summed E-state index contributed by atoms with van der Waals surface area (Å²) in [6, 6.07) is 0. The fourth-order valence-corrected chi connectivity index (χ4v) is 3.90. The molecule has 0 spiro atoms. The first-order valence-electron chi connectivity index (χ1n) is 10.3. The van der Waals surface area contributed by atoms with E-state index in [1.54, 1.807) is 0 Å². The van der Waals surface area contributed by atoms with Crippen molar-refractivity contribution in [1.82, 2.24) is 4.31 Å². The van der Waals surface area contributed by atoms with E-state index in [0.717, 1.165) is 13.1 Å². The average molecular weight is 346 g/mol. The highest BCUT2D eigenvalue weighted by Crippen LogP contribution is 2.15. The minimum Gasteiger partial charge on any atom is -0.395 e. The van der Waals surface area contributed by atoms with E-state index in [1.807, 2.05) is 11.9 Å². The van der Waals surface area contributed by atoms with Crippen LogP contribution in [0.3, 0.4) is 0 Å². The molecule has 0 amide bonds. The van der Waals surface area contributed by atoms with Gasteiger partial charge in [-0.1, -0.05) is 109 Å². The smallest absolute Gasteiger partial charge is 0.0567 e. The molecule has 0 aromatic carbocycles. The molecule has 0 saturated carbocycles. The van der Waals surface area contributed by atoms with E-state index in [0.29, 0.717) is 0 Å². The van der Waals surface area contributed by atoms with E-state index in [2.05, 4.69) is 18.2 Å². The van der Waals surface area contributed by atoms with Crippen LogP contribution in [0.4, 0.5) is 0 Å². The molecule has 0 atom stereocenters. The molecule has 23 heavy (non-hydrogen) atoms. The van der Waals surface area contributed by atoms with Crippen LogP contribution in [0.15, 0.2) is 0 Å². The van der Waals surface area contributed by atoms with Gasteiger partial charge in [0.05, 0.1) is 6.61 Å². The van der Waals surface area contributed by atoms with E-state index in [4.69, 9.17) is 5.11 Å². The molecular formula is C20H43NOS. The van der Waals surface area contributed by atoms with E-state index < -0.39 is 0 Å². The second-order valence-electron chi connectivity index (χ2n) is 6.67. The van der Waals surface area contributed by atoms with Gasteiger partial charge in [0.1, 0.15) is 0 Å². The maximum Gasteiger partial charge on any atom is 0.0567 e. The number of aliphatic hydroxyl groups is 1. The van der Waals surface area contributed by atoms with Gasteiger partial charge in [-0.25, -0.2) is 4.31 Å². The molecule has 0 aliphatic carbocycles. The molecule has 1 N–H and O–H groups in total. The van der Waals surface area contributed by atoms with Crippen LogP contribution >= 0.6 is 11.9 Å². The van der Waals surface area contributed by atoms with Crippen molar-refractivity contribution in [2.75, 3.05) is 25.4 Å². The van der Waals surface area contributed by atoms with Gasteiger partial charge >= 0.3 is 0 Å². The molecule has 0 fully saturated rings. The van der Waals surface area contributed by atoms with Gasteiger partial charge in [-0.2, -0.15) is 0 Å². The Morgan fingerprint density at radius 2 is 1.09 bits per heavy atom. The summed E-state index contributed by atoms with van der Waals surface area (Å²) < 4.78 is 2.27. The van der Waals surface area contributed by atoms with E-state index in [-0.39, 0.29) is 6.61 Å². The third-order valence-corrected chi connectivity index (χ3v) is 5.75. The predicted molar refractivity (Wildman–Crippen MR) is 107 cm³/mol. The first kappa shape index (κ1) is 23.3. The molecular weight excluding hydrogens is 302 g/mol. The van der Waals surface area contributed by atoms with Crippen LogP contribution in [0.2, 0.25) is 0 Å². The molecule has 140 valence electrons. The lowest BCUT2D eigenvalue weighted by Crippen LogP contribution is -2.19. The summed E-state index contributed by atoms with van der Waals surface area (Å²) in [5.41, 5.74) is 0. The van der Waals surface area contributed by atoms with E-state index in [1.165, 1.54) is 95.6 Å². The summed E-state index contributed by atoms with van der Waals surface area (Å²) in [5.74, 6) is 1.21. The highest BCUT2D eigenvalue weighted by atomic mass is 32.2. The lowest BCUT2D eigenvalue weighted by atomic mass is 10.0. The van der Waals surface area contributed by atoms with E-state index >= 15 is 0 Å². The minimum atomic E-state index is 0.277. The minimum absolute atomic E-state index is 0.277. The van der Waals surface area contributed by atoms with Gasteiger partial charge in [0.25, 0.3) is 0 Å². The number of rotatable bonds is 19. The number of hydrogen-bond donors (Lipinski definition) is 1. The number of likely N-dealkylation sites (N-methyl/N-ethyl adjacent to an activating group) is 1. The van der Waals surface area contributed by atoms with Crippen molar-refractivity contribution in [2.24, 2.45) is 0 Å². The molecule has 0 heterocycles. The zero-order valence-electron chi connectivity index (χ0n) is 16.0. The van der Waals surface area contributed by atoms with Gasteiger partial charge < -0.3 is 5.11 Å². The van der Waals surface area contributed by atoms with Gasteiger partial charge in [0.2, 0.25) is 0 Å². The number of nitrogens with zero attached hydrogens (tertiary/aromatic N) is 1. The fourth-order valence-electron chi connectivity index (χ4n) is 2.92. The van der Waals surface area contributed by atoms with Crippen molar-refractivity contribution in [2.45, 2.75) is 104 Å². The maximum absolute atomic E-state index is 8.94. The second kappa shape index (κ2) is 20.3. The molecule has 0 saturated heterocycles. The molecule has 0 aromatic heterocycles. The molecule has 0 radical (unpaired) electrons. The molecule has 0 unspecified atom stereocenters. The Kier molecular flexibility index (Phi) is 20.6. The van der Waals surface area contributed by atoms with Crippen molar-refractivity contribution in [3.8, 4) is 0 Å². The summed E-state index contributed by atoms with van der Waals surface area (Å²) in [6.07, 6.45) is 19.9. The Labute approximate surface area is 150 Å². The highest BCUT2D eigenvalue weighted by molar-refractivity contribution is 7.97. The quantitative estimate of drug-likeness (QED) is 0.215. The van der Waals surface area contributed by atoms with Crippen LogP contribution < -0.4 is 0 Å². The summed E-state index contributed by atoms with van der Waals surface area (Å²) in [5, 5.41) is 8.94. The largest absolute Gasteiger partial charge is 0.395 e. The van der Waals surface area contributed by atoms with Gasteiger partial charge in [-0.05, 0) is 6.42 Å². The average Bonchev–Trinajstić information content (AvgIpc) is 2.57. The summed E-state index contributed by atoms with van der Waals surface area (Å²) in [7, 11) is 0. The molecule has 3 heteroatoms. The van der Waals surface area contributed by atoms with Crippen LogP contribution in [-0.2, 0) is 0 Å². The Balaban J connectivity index is 3.07. The lowest BCUT2D eigenvalue weighted by Gasteiger charge is -2.17. The Morgan fingerprint density at radius 3 is 1.48 bits per heavy atom. The van der Waals surface area contributed by atoms with Crippen LogP contribution in [0.5, 0.6) is 0 Å². The summed E-state index contributed by atoms with van der Waals surface area (Å²) >= 11 is 1.90. The number of hydrogen-bond acceptors (Lipinski definition) is 3. The van der Waals surface area contributed by atoms with Crippen molar-refractivity contribution in [1.29, 1.82) is 0 Å². The third-order valence-electron chi connectivity index (χ3n) is 4.47. The number of unbranched alkanes of at least 4 members (excludes halogenated alkanes) is 13. The molecule has 2 nitrogen and oxygen atoms in total. The molecule has 0 bridgehead atoms. The van der Waals surface area contributed by atoms with Gasteiger partial charge in [0, 0.05) is 18.8 Å². The van der Waals surface area contributed by atoms with Gasteiger partial charge in [-0.15, -0.1) is 0 Å². The fraction of sp³-hybridized carbons (Fsp3) is 1.00. The van der Waals surface area contributed by atoms with Crippen molar-refractivity contribution >= 4 is 11.9 Å². The molecule has 0 aliphatic rings. The molecule has 0 aliphatic heterocycles. The SMILES string of the molecule is CCCCCCCCCCCCCCCCSN(CC)CCO. The zero-order valence-corrected chi connectivity index (χ0v) is 16.8. The monoisotopic (exact) mass is 345 g/mol. The highest BCUT2D eigenvalue weighted by Gasteiger charge is 2.01. The van der Waals surface area contributed by atoms with Crippen molar-refractivity contribution in [3.63, 3.8) is 0 Å². The van der Waals surface area contributed by atoms with E-state index in [9.17, 15) is 0 Å². The molecule has 0 rings (SSSR count). The summed E-state index contributed by atoms with van der Waals surface area (Å²) in [4.78, 5) is 0. The third kappa shape index (κ3) is 18.4. The second-order valence-corrected chi connectivity index (χ2v) is 7.86. The first-order valence-corrected chi connectivity index (χ1v) is 11.3. The molecule has 0 aromatic rings. The summed E-state index contributed by atoms with van der Waals surface area (Å²) in [6.45, 7) is 6.56. The topological polar surface area (TPSA) is 23.5 Å². The van der Waals surface area contributed by atoms with Crippen LogP contribution in [0, 0.1) is 0 Å². The van der Waals surface area contributed by atoms with Crippen molar-refractivity contribution < 1.29 is 5.11 Å². The predicted octanol–water partition coefficient (Wildman–Crippen LogP) is 6.43. The van der Waals surface area contributed by atoms with Crippen LogP contribution in [0.1, 0.15) is 104 Å². The van der Waals surface area contributed by atoms with Gasteiger partial charge in [0.15, 0.2) is 0 Å².